The highest BCUT2D eigenvalue weighted by atomic mass is 32.1. The Kier molecular flexibility index (Phi) is 4.31. The molecule has 2 aromatic heterocycles. The minimum absolute atomic E-state index is 0.164. The van der Waals surface area contributed by atoms with E-state index in [9.17, 15) is 4.79 Å². The number of carbonyl (C=O) groups excluding carboxylic acids is 1. The molecule has 0 saturated heterocycles. The molecule has 110 valence electrons. The van der Waals surface area contributed by atoms with Gasteiger partial charge in [0, 0.05) is 44.0 Å². The first-order valence-corrected chi connectivity index (χ1v) is 8.01. The predicted molar refractivity (Wildman–Crippen MR) is 84.0 cm³/mol. The van der Waals surface area contributed by atoms with Gasteiger partial charge in [0.05, 0.1) is 6.54 Å². The summed E-state index contributed by atoms with van der Waals surface area (Å²) in [6.45, 7) is 2.97. The normalized spacial score (nSPS) is 14.7. The van der Waals surface area contributed by atoms with Gasteiger partial charge in [-0.15, -0.1) is 11.3 Å². The summed E-state index contributed by atoms with van der Waals surface area (Å²) in [6, 6.07) is 6.07. The lowest BCUT2D eigenvalue weighted by Crippen LogP contribution is -2.40. The summed E-state index contributed by atoms with van der Waals surface area (Å²) in [5.41, 5.74) is 2.45. The molecule has 0 radical (unpaired) electrons. The molecule has 21 heavy (non-hydrogen) atoms. The van der Waals surface area contributed by atoms with Crippen LogP contribution < -0.4 is 0 Å². The zero-order valence-corrected chi connectivity index (χ0v) is 13.0. The maximum atomic E-state index is 12.3. The van der Waals surface area contributed by atoms with Crippen molar-refractivity contribution in [3.63, 3.8) is 0 Å². The largest absolute Gasteiger partial charge is 0.340 e. The maximum absolute atomic E-state index is 12.3. The highest BCUT2D eigenvalue weighted by molar-refractivity contribution is 7.10. The molecule has 4 nitrogen and oxygen atoms in total. The van der Waals surface area contributed by atoms with Crippen LogP contribution in [0.15, 0.2) is 36.0 Å². The van der Waals surface area contributed by atoms with E-state index in [1.54, 1.807) is 11.1 Å². The van der Waals surface area contributed by atoms with Crippen molar-refractivity contribution in [3.8, 4) is 0 Å². The molecular weight excluding hydrogens is 282 g/mol. The zero-order valence-electron chi connectivity index (χ0n) is 12.2. The van der Waals surface area contributed by atoms with Gasteiger partial charge >= 0.3 is 0 Å². The maximum Gasteiger partial charge on any atom is 0.236 e. The van der Waals surface area contributed by atoms with Crippen LogP contribution in [0.5, 0.6) is 0 Å². The number of likely N-dealkylation sites (N-methyl/N-ethyl adjacent to an activating group) is 1. The number of hydrogen-bond acceptors (Lipinski definition) is 4. The number of carbonyl (C=O) groups is 1. The van der Waals surface area contributed by atoms with Gasteiger partial charge < -0.3 is 4.90 Å². The van der Waals surface area contributed by atoms with Gasteiger partial charge in [0.25, 0.3) is 0 Å². The second-order valence-corrected chi connectivity index (χ2v) is 6.44. The molecule has 3 heterocycles. The third-order valence-corrected chi connectivity index (χ3v) is 4.84. The Hall–Kier alpha value is -1.72. The summed E-state index contributed by atoms with van der Waals surface area (Å²) in [7, 11) is 1.86. The molecule has 0 unspecified atom stereocenters. The molecule has 0 fully saturated rings. The third kappa shape index (κ3) is 3.49. The second kappa shape index (κ2) is 6.37. The molecule has 3 rings (SSSR count). The van der Waals surface area contributed by atoms with E-state index in [2.05, 4.69) is 21.3 Å². The van der Waals surface area contributed by atoms with Gasteiger partial charge in [-0.25, -0.2) is 0 Å². The van der Waals surface area contributed by atoms with Crippen molar-refractivity contribution >= 4 is 17.2 Å². The molecule has 0 spiro atoms. The Labute approximate surface area is 129 Å². The van der Waals surface area contributed by atoms with E-state index in [1.165, 1.54) is 10.4 Å². The molecule has 0 bridgehead atoms. The third-order valence-electron chi connectivity index (χ3n) is 3.81. The van der Waals surface area contributed by atoms with E-state index >= 15 is 0 Å². The molecule has 1 amide bonds. The Morgan fingerprint density at radius 1 is 1.48 bits per heavy atom. The first kappa shape index (κ1) is 14.2. The molecular formula is C16H19N3OS. The number of aromatic nitrogens is 1. The van der Waals surface area contributed by atoms with Crippen LogP contribution in [-0.4, -0.2) is 40.8 Å². The highest BCUT2D eigenvalue weighted by Gasteiger charge is 2.20. The van der Waals surface area contributed by atoms with Crippen molar-refractivity contribution < 1.29 is 4.79 Å². The summed E-state index contributed by atoms with van der Waals surface area (Å²) in [6.07, 6.45) is 4.62. The van der Waals surface area contributed by atoms with Gasteiger partial charge in [-0.3, -0.25) is 14.7 Å². The summed E-state index contributed by atoms with van der Waals surface area (Å²) >= 11 is 1.83. The van der Waals surface area contributed by atoms with Crippen LogP contribution in [-0.2, 0) is 24.3 Å². The first-order chi connectivity index (χ1) is 10.2. The van der Waals surface area contributed by atoms with Crippen molar-refractivity contribution in [1.29, 1.82) is 0 Å². The minimum atomic E-state index is 0.164. The zero-order chi connectivity index (χ0) is 14.7. The van der Waals surface area contributed by atoms with Gasteiger partial charge in [-0.05, 0) is 35.1 Å². The standard InChI is InChI=1S/C16H19N3OS/c1-18(10-13-3-2-6-17-9-13)16(20)12-19-7-4-15-14(11-19)5-8-21-15/h2-3,5-6,8-9H,4,7,10-12H2,1H3. The summed E-state index contributed by atoms with van der Waals surface area (Å²) < 4.78 is 0. The fourth-order valence-corrected chi connectivity index (χ4v) is 3.50. The van der Waals surface area contributed by atoms with Crippen molar-refractivity contribution in [2.45, 2.75) is 19.5 Å². The van der Waals surface area contributed by atoms with E-state index in [0.717, 1.165) is 25.1 Å². The lowest BCUT2D eigenvalue weighted by atomic mass is 10.1. The smallest absolute Gasteiger partial charge is 0.236 e. The van der Waals surface area contributed by atoms with E-state index in [0.29, 0.717) is 13.1 Å². The summed E-state index contributed by atoms with van der Waals surface area (Å²) in [5.74, 6) is 0.164. The van der Waals surface area contributed by atoms with Crippen LogP contribution in [0, 0.1) is 0 Å². The number of thiophene rings is 1. The van der Waals surface area contributed by atoms with Crippen molar-refractivity contribution in [2.24, 2.45) is 0 Å². The van der Waals surface area contributed by atoms with E-state index in [-0.39, 0.29) is 5.91 Å². The Morgan fingerprint density at radius 3 is 3.19 bits per heavy atom. The van der Waals surface area contributed by atoms with Gasteiger partial charge in [-0.1, -0.05) is 6.07 Å². The summed E-state index contributed by atoms with van der Waals surface area (Å²) in [4.78, 5) is 21.9. The average molecular weight is 301 g/mol. The van der Waals surface area contributed by atoms with Gasteiger partial charge in [0.1, 0.15) is 0 Å². The number of fused-ring (bicyclic) bond motifs is 1. The number of pyridine rings is 1. The highest BCUT2D eigenvalue weighted by Crippen LogP contribution is 2.23. The van der Waals surface area contributed by atoms with E-state index in [4.69, 9.17) is 0 Å². The SMILES string of the molecule is CN(Cc1cccnc1)C(=O)CN1CCc2sccc2C1. The van der Waals surface area contributed by atoms with E-state index < -0.39 is 0 Å². The van der Waals surface area contributed by atoms with Crippen LogP contribution in [0.4, 0.5) is 0 Å². The summed E-state index contributed by atoms with van der Waals surface area (Å²) in [5, 5.41) is 2.14. The van der Waals surface area contributed by atoms with Crippen LogP contribution >= 0.6 is 11.3 Å². The van der Waals surface area contributed by atoms with Crippen LogP contribution in [0.2, 0.25) is 0 Å². The second-order valence-electron chi connectivity index (χ2n) is 5.44. The molecule has 0 N–H and O–H groups in total. The van der Waals surface area contributed by atoms with Gasteiger partial charge in [-0.2, -0.15) is 0 Å². The lowest BCUT2D eigenvalue weighted by Gasteiger charge is -2.28. The van der Waals surface area contributed by atoms with Crippen molar-refractivity contribution in [2.75, 3.05) is 20.1 Å². The average Bonchev–Trinajstić information content (AvgIpc) is 2.95. The Morgan fingerprint density at radius 2 is 2.38 bits per heavy atom. The van der Waals surface area contributed by atoms with E-state index in [1.807, 2.05) is 36.7 Å². The number of hydrogen-bond donors (Lipinski definition) is 0. The molecule has 1 aliphatic rings. The predicted octanol–water partition coefficient (Wildman–Crippen LogP) is 2.16. The molecule has 2 aromatic rings. The minimum Gasteiger partial charge on any atom is -0.340 e. The van der Waals surface area contributed by atoms with Crippen LogP contribution in [0.3, 0.4) is 0 Å². The molecule has 0 atom stereocenters. The number of nitrogens with zero attached hydrogens (tertiary/aromatic N) is 3. The first-order valence-electron chi connectivity index (χ1n) is 7.13. The molecule has 0 aromatic carbocycles. The van der Waals surface area contributed by atoms with Crippen LogP contribution in [0.25, 0.3) is 0 Å². The number of amides is 1. The molecule has 0 aliphatic carbocycles. The molecule has 0 saturated carbocycles. The van der Waals surface area contributed by atoms with Crippen LogP contribution in [0.1, 0.15) is 16.0 Å². The van der Waals surface area contributed by atoms with Gasteiger partial charge in [0.15, 0.2) is 0 Å². The van der Waals surface area contributed by atoms with Crippen molar-refractivity contribution in [1.82, 2.24) is 14.8 Å². The Bertz CT molecular complexity index is 611. The number of rotatable bonds is 4. The van der Waals surface area contributed by atoms with Gasteiger partial charge in [0.2, 0.25) is 5.91 Å². The molecule has 1 aliphatic heterocycles. The van der Waals surface area contributed by atoms with Crippen molar-refractivity contribution in [3.05, 3.63) is 52.0 Å². The topological polar surface area (TPSA) is 36.4 Å². The monoisotopic (exact) mass is 301 g/mol. The quantitative estimate of drug-likeness (QED) is 0.868. The molecule has 5 heteroatoms. The fraction of sp³-hybridized carbons (Fsp3) is 0.375. The Balaban J connectivity index is 1.54. The fourth-order valence-electron chi connectivity index (χ4n) is 2.61. The lowest BCUT2D eigenvalue weighted by molar-refractivity contribution is -0.131.